The summed E-state index contributed by atoms with van der Waals surface area (Å²) in [5, 5.41) is 16.3. The first kappa shape index (κ1) is 18.2. The van der Waals surface area contributed by atoms with Crippen LogP contribution < -0.4 is 4.72 Å². The van der Waals surface area contributed by atoms with Crippen molar-refractivity contribution in [2.75, 3.05) is 6.26 Å². The molecule has 2 aromatic heterocycles. The molecule has 10 heteroatoms. The summed E-state index contributed by atoms with van der Waals surface area (Å²) in [6, 6.07) is 6.74. The fourth-order valence-electron chi connectivity index (χ4n) is 2.45. The zero-order chi connectivity index (χ0) is 18.9. The molecular weight excluding hydrogens is 380 g/mol. The van der Waals surface area contributed by atoms with Crippen LogP contribution in [-0.2, 0) is 16.6 Å². The Morgan fingerprint density at radius 2 is 2.08 bits per heavy atom. The molecule has 0 fully saturated rings. The maximum Gasteiger partial charge on any atom is 0.352 e. The predicted molar refractivity (Wildman–Crippen MR) is 97.5 cm³/mol. The largest absolute Gasteiger partial charge is 0.477 e. The summed E-state index contributed by atoms with van der Waals surface area (Å²) >= 11 is 6.27. The lowest BCUT2D eigenvalue weighted by molar-refractivity contribution is 0.0691. The number of aromatic carboxylic acids is 1. The molecule has 0 aliphatic carbocycles. The number of nitrogens with one attached hydrogen (secondary N) is 3. The minimum Gasteiger partial charge on any atom is -0.477 e. The van der Waals surface area contributed by atoms with Crippen LogP contribution in [0, 0.1) is 0 Å². The molecule has 0 amide bonds. The molecule has 1 aromatic carbocycles. The van der Waals surface area contributed by atoms with Gasteiger partial charge in [-0.05, 0) is 23.3 Å². The highest BCUT2D eigenvalue weighted by atomic mass is 35.5. The second-order valence-corrected chi connectivity index (χ2v) is 7.91. The monoisotopic (exact) mass is 394 g/mol. The number of benzene rings is 1. The Morgan fingerprint density at radius 1 is 1.31 bits per heavy atom. The van der Waals surface area contributed by atoms with E-state index in [9.17, 15) is 13.2 Å². The van der Waals surface area contributed by atoms with Crippen LogP contribution in [0.15, 0.2) is 36.7 Å². The van der Waals surface area contributed by atoms with Crippen molar-refractivity contribution in [2.45, 2.75) is 6.54 Å². The number of carboxylic acid groups (broad SMARTS) is 1. The molecule has 26 heavy (non-hydrogen) atoms. The average Bonchev–Trinajstić information content (AvgIpc) is 3.21. The van der Waals surface area contributed by atoms with E-state index in [0.29, 0.717) is 21.8 Å². The van der Waals surface area contributed by atoms with E-state index < -0.39 is 16.0 Å². The van der Waals surface area contributed by atoms with Gasteiger partial charge >= 0.3 is 5.97 Å². The first-order valence-corrected chi connectivity index (χ1v) is 9.70. The minimum atomic E-state index is -3.31. The van der Waals surface area contributed by atoms with Gasteiger partial charge in [-0.2, -0.15) is 5.10 Å². The van der Waals surface area contributed by atoms with E-state index in [4.69, 9.17) is 16.7 Å². The van der Waals surface area contributed by atoms with Gasteiger partial charge in [-0.3, -0.25) is 5.10 Å². The van der Waals surface area contributed by atoms with Crippen LogP contribution in [0.2, 0.25) is 5.02 Å². The van der Waals surface area contributed by atoms with Crippen molar-refractivity contribution in [1.82, 2.24) is 19.9 Å². The molecule has 3 rings (SSSR count). The third kappa shape index (κ3) is 3.96. The molecule has 0 unspecified atom stereocenters. The van der Waals surface area contributed by atoms with Crippen LogP contribution in [-0.4, -0.2) is 40.9 Å². The molecule has 0 aliphatic heterocycles. The van der Waals surface area contributed by atoms with Crippen molar-refractivity contribution in [3.63, 3.8) is 0 Å². The summed E-state index contributed by atoms with van der Waals surface area (Å²) in [5.74, 6) is -1.05. The van der Waals surface area contributed by atoms with E-state index in [1.165, 1.54) is 6.07 Å². The number of carboxylic acids is 1. The molecule has 0 bridgehead atoms. The van der Waals surface area contributed by atoms with Gasteiger partial charge in [0.1, 0.15) is 5.69 Å². The van der Waals surface area contributed by atoms with Gasteiger partial charge in [-0.25, -0.2) is 17.9 Å². The smallest absolute Gasteiger partial charge is 0.352 e. The van der Waals surface area contributed by atoms with Crippen molar-refractivity contribution in [1.29, 1.82) is 0 Å². The van der Waals surface area contributed by atoms with Crippen molar-refractivity contribution in [2.24, 2.45) is 0 Å². The highest BCUT2D eigenvalue weighted by Gasteiger charge is 2.15. The first-order chi connectivity index (χ1) is 12.2. The molecule has 8 nitrogen and oxygen atoms in total. The first-order valence-electron chi connectivity index (χ1n) is 7.43. The quantitative estimate of drug-likeness (QED) is 0.510. The number of hydrogen-bond acceptors (Lipinski definition) is 4. The number of carbonyl (C=O) groups is 1. The second kappa shape index (κ2) is 6.94. The van der Waals surface area contributed by atoms with Gasteiger partial charge in [0.05, 0.1) is 18.1 Å². The number of aromatic amines is 2. The summed E-state index contributed by atoms with van der Waals surface area (Å²) in [7, 11) is -3.31. The summed E-state index contributed by atoms with van der Waals surface area (Å²) in [6.07, 6.45) is 4.27. The Morgan fingerprint density at radius 3 is 2.69 bits per heavy atom. The lowest BCUT2D eigenvalue weighted by atomic mass is 10.0. The Hall–Kier alpha value is -2.62. The maximum absolute atomic E-state index is 11.2. The zero-order valence-electron chi connectivity index (χ0n) is 13.6. The van der Waals surface area contributed by atoms with Crippen LogP contribution in [0.25, 0.3) is 22.4 Å². The van der Waals surface area contributed by atoms with E-state index in [-0.39, 0.29) is 12.2 Å². The van der Waals surface area contributed by atoms with Crippen molar-refractivity contribution < 1.29 is 18.3 Å². The average molecular weight is 395 g/mol. The fraction of sp³-hybridized carbons (Fsp3) is 0.125. The summed E-state index contributed by atoms with van der Waals surface area (Å²) < 4.78 is 24.8. The van der Waals surface area contributed by atoms with Gasteiger partial charge in [0.2, 0.25) is 10.0 Å². The van der Waals surface area contributed by atoms with Crippen LogP contribution in [0.5, 0.6) is 0 Å². The third-order valence-electron chi connectivity index (χ3n) is 3.73. The molecule has 2 heterocycles. The Kier molecular flexibility index (Phi) is 4.86. The summed E-state index contributed by atoms with van der Waals surface area (Å²) in [6.45, 7) is 0.0932. The Labute approximate surface area is 154 Å². The van der Waals surface area contributed by atoms with Crippen LogP contribution in [0.3, 0.4) is 0 Å². The van der Waals surface area contributed by atoms with Crippen LogP contribution in [0.4, 0.5) is 0 Å². The molecule has 136 valence electrons. The maximum atomic E-state index is 11.2. The molecule has 4 N–H and O–H groups in total. The lowest BCUT2D eigenvalue weighted by Crippen LogP contribution is -2.21. The van der Waals surface area contributed by atoms with Crippen LogP contribution >= 0.6 is 11.6 Å². The number of hydrogen-bond donors (Lipinski definition) is 4. The fourth-order valence-corrected chi connectivity index (χ4v) is 3.12. The number of sulfonamides is 1. The van der Waals surface area contributed by atoms with Gasteiger partial charge in [0.25, 0.3) is 0 Å². The SMILES string of the molecule is CS(=O)(=O)NCc1ccc(-c2cn[nH]c2-c2c[nH]c(C(=O)O)c2)cc1Cl. The van der Waals surface area contributed by atoms with Crippen LogP contribution in [0.1, 0.15) is 16.1 Å². The Bertz CT molecular complexity index is 1070. The van der Waals surface area contributed by atoms with E-state index in [2.05, 4.69) is 19.9 Å². The summed E-state index contributed by atoms with van der Waals surface area (Å²) in [4.78, 5) is 13.7. The second-order valence-electron chi connectivity index (χ2n) is 5.67. The molecule has 0 spiro atoms. The number of halogens is 1. The number of H-pyrrole nitrogens is 2. The Balaban J connectivity index is 1.92. The molecule has 3 aromatic rings. The van der Waals surface area contributed by atoms with Gasteiger partial charge in [0.15, 0.2) is 0 Å². The summed E-state index contributed by atoms with van der Waals surface area (Å²) in [5.41, 5.74) is 3.51. The molecule has 0 atom stereocenters. The highest BCUT2D eigenvalue weighted by molar-refractivity contribution is 7.88. The minimum absolute atomic E-state index is 0.0702. The van der Waals surface area contributed by atoms with E-state index in [1.54, 1.807) is 30.6 Å². The van der Waals surface area contributed by atoms with Crippen molar-refractivity contribution >= 4 is 27.6 Å². The van der Waals surface area contributed by atoms with Gasteiger partial charge < -0.3 is 10.1 Å². The molecule has 0 saturated heterocycles. The molecular formula is C16H15ClN4O4S. The molecule has 0 saturated carbocycles. The van der Waals surface area contributed by atoms with E-state index in [0.717, 1.165) is 17.4 Å². The number of rotatable bonds is 6. The number of nitrogens with zero attached hydrogens (tertiary/aromatic N) is 1. The molecule has 0 radical (unpaired) electrons. The van der Waals surface area contributed by atoms with Gasteiger partial charge in [-0.1, -0.05) is 23.7 Å². The van der Waals surface area contributed by atoms with Gasteiger partial charge in [-0.15, -0.1) is 0 Å². The van der Waals surface area contributed by atoms with Crippen molar-refractivity contribution in [3.8, 4) is 22.4 Å². The van der Waals surface area contributed by atoms with E-state index >= 15 is 0 Å². The standard InChI is InChI=1S/C16H15ClN4O4S/c1-26(24,25)20-7-10-3-2-9(4-13(10)17)12-8-19-21-15(12)11-5-14(16(22)23)18-6-11/h2-6,8,18,20H,7H2,1H3,(H,19,21)(H,22,23). The molecule has 0 aliphatic rings. The van der Waals surface area contributed by atoms with E-state index in [1.807, 2.05) is 0 Å². The van der Waals surface area contributed by atoms with Gasteiger partial charge in [0, 0.05) is 28.9 Å². The van der Waals surface area contributed by atoms with Crippen molar-refractivity contribution in [3.05, 3.63) is 52.9 Å². The topological polar surface area (TPSA) is 128 Å². The number of aromatic nitrogens is 3. The third-order valence-corrected chi connectivity index (χ3v) is 4.75. The zero-order valence-corrected chi connectivity index (χ0v) is 15.1. The lowest BCUT2D eigenvalue weighted by Gasteiger charge is -2.08. The predicted octanol–water partition coefficient (Wildman–Crippen LogP) is 2.47. The normalized spacial score (nSPS) is 11.6. The highest BCUT2D eigenvalue weighted by Crippen LogP contribution is 2.32.